The molecule has 0 spiro atoms. The van der Waals surface area contributed by atoms with Gasteiger partial charge in [0.1, 0.15) is 11.6 Å². The number of unbranched alkanes of at least 4 members (excludes halogenated alkanes) is 6. The van der Waals surface area contributed by atoms with Gasteiger partial charge in [-0.3, -0.25) is 0 Å². The molecule has 0 heterocycles. The lowest BCUT2D eigenvalue weighted by Crippen LogP contribution is -2.03. The number of aliphatic hydroxyl groups is 1. The minimum absolute atomic E-state index is 0.343. The third kappa shape index (κ3) is 6.38. The molecule has 0 bridgehead atoms. The van der Waals surface area contributed by atoms with Gasteiger partial charge >= 0.3 is 0 Å². The van der Waals surface area contributed by atoms with Crippen molar-refractivity contribution in [1.29, 1.82) is 0 Å². The fourth-order valence-corrected chi connectivity index (χ4v) is 2.22. The van der Waals surface area contributed by atoms with Gasteiger partial charge in [-0.25, -0.2) is 4.39 Å². The third-order valence-electron chi connectivity index (χ3n) is 3.43. The molecular formula is C17H27FO2. The largest absolute Gasteiger partial charge is 0.493 e. The number of aliphatic hydroxyl groups excluding tert-OH is 1. The van der Waals surface area contributed by atoms with Crippen LogP contribution in [-0.4, -0.2) is 11.7 Å². The summed E-state index contributed by atoms with van der Waals surface area (Å²) in [4.78, 5) is 0. The Hall–Kier alpha value is -1.09. The Labute approximate surface area is 122 Å². The van der Waals surface area contributed by atoms with Gasteiger partial charge in [0, 0.05) is 5.56 Å². The Kier molecular flexibility index (Phi) is 8.28. The molecule has 1 rings (SSSR count). The van der Waals surface area contributed by atoms with Crippen molar-refractivity contribution in [3.8, 4) is 5.75 Å². The van der Waals surface area contributed by atoms with Crippen LogP contribution in [0.2, 0.25) is 0 Å². The van der Waals surface area contributed by atoms with Crippen LogP contribution in [0.1, 0.15) is 70.5 Å². The van der Waals surface area contributed by atoms with Crippen LogP contribution in [0.4, 0.5) is 4.39 Å². The molecule has 1 aromatic carbocycles. The van der Waals surface area contributed by atoms with Crippen molar-refractivity contribution >= 4 is 0 Å². The van der Waals surface area contributed by atoms with E-state index in [0.717, 1.165) is 12.8 Å². The van der Waals surface area contributed by atoms with E-state index in [0.29, 0.717) is 17.9 Å². The van der Waals surface area contributed by atoms with E-state index in [1.54, 1.807) is 13.0 Å². The lowest BCUT2D eigenvalue weighted by Gasteiger charge is -2.13. The van der Waals surface area contributed by atoms with E-state index in [1.807, 2.05) is 0 Å². The molecule has 1 N–H and O–H groups in total. The van der Waals surface area contributed by atoms with Crippen LogP contribution in [0.5, 0.6) is 5.75 Å². The van der Waals surface area contributed by atoms with Gasteiger partial charge in [-0.1, -0.05) is 45.4 Å². The Morgan fingerprint density at radius 3 is 2.40 bits per heavy atom. The van der Waals surface area contributed by atoms with Crippen LogP contribution in [0.25, 0.3) is 0 Å². The van der Waals surface area contributed by atoms with Crippen molar-refractivity contribution in [2.24, 2.45) is 0 Å². The molecule has 1 atom stereocenters. The Morgan fingerprint density at radius 2 is 1.75 bits per heavy atom. The minimum Gasteiger partial charge on any atom is -0.493 e. The first-order valence-corrected chi connectivity index (χ1v) is 7.75. The molecule has 2 nitrogen and oxygen atoms in total. The fraction of sp³-hybridized carbons (Fsp3) is 0.647. The summed E-state index contributed by atoms with van der Waals surface area (Å²) in [6, 6.07) is 4.30. The molecule has 0 radical (unpaired) electrons. The van der Waals surface area contributed by atoms with E-state index in [-0.39, 0.29) is 5.82 Å². The lowest BCUT2D eigenvalue weighted by molar-refractivity contribution is 0.190. The van der Waals surface area contributed by atoms with Gasteiger partial charge in [0.15, 0.2) is 0 Å². The quantitative estimate of drug-likeness (QED) is 0.611. The van der Waals surface area contributed by atoms with Crippen molar-refractivity contribution in [1.82, 2.24) is 0 Å². The zero-order chi connectivity index (χ0) is 14.8. The molecule has 0 aliphatic rings. The Morgan fingerprint density at radius 1 is 1.10 bits per heavy atom. The number of hydrogen-bond acceptors (Lipinski definition) is 2. The van der Waals surface area contributed by atoms with Gasteiger partial charge in [0.25, 0.3) is 0 Å². The second kappa shape index (κ2) is 9.76. The average Bonchev–Trinajstić information content (AvgIpc) is 2.43. The van der Waals surface area contributed by atoms with Crippen molar-refractivity contribution in [2.75, 3.05) is 6.61 Å². The van der Waals surface area contributed by atoms with E-state index in [4.69, 9.17) is 4.74 Å². The molecule has 0 aliphatic carbocycles. The smallest absolute Gasteiger partial charge is 0.125 e. The van der Waals surface area contributed by atoms with Crippen LogP contribution < -0.4 is 4.74 Å². The van der Waals surface area contributed by atoms with Gasteiger partial charge < -0.3 is 9.84 Å². The Balaban J connectivity index is 2.25. The summed E-state index contributed by atoms with van der Waals surface area (Å²) in [5.74, 6) is 0.247. The number of hydrogen-bond donors (Lipinski definition) is 1. The number of rotatable bonds is 10. The summed E-state index contributed by atoms with van der Waals surface area (Å²) in [6.07, 6.45) is 7.91. The summed E-state index contributed by atoms with van der Waals surface area (Å²) in [7, 11) is 0. The van der Waals surface area contributed by atoms with Crippen LogP contribution >= 0.6 is 0 Å². The molecule has 0 aromatic heterocycles. The SMILES string of the molecule is CCCCCCCCCOc1ccc(F)cc1C(C)O. The maximum Gasteiger partial charge on any atom is 0.125 e. The highest BCUT2D eigenvalue weighted by atomic mass is 19.1. The van der Waals surface area contributed by atoms with Crippen LogP contribution in [0.15, 0.2) is 18.2 Å². The normalized spacial score (nSPS) is 12.4. The summed E-state index contributed by atoms with van der Waals surface area (Å²) in [5, 5.41) is 9.61. The summed E-state index contributed by atoms with van der Waals surface area (Å²) >= 11 is 0. The second-order valence-corrected chi connectivity index (χ2v) is 5.33. The molecule has 1 aromatic rings. The first-order valence-electron chi connectivity index (χ1n) is 7.75. The Bertz CT molecular complexity index is 377. The fourth-order valence-electron chi connectivity index (χ4n) is 2.22. The van der Waals surface area contributed by atoms with Gasteiger partial charge in [0.2, 0.25) is 0 Å². The molecule has 20 heavy (non-hydrogen) atoms. The molecule has 0 amide bonds. The van der Waals surface area contributed by atoms with Crippen LogP contribution in [-0.2, 0) is 0 Å². The standard InChI is InChI=1S/C17H27FO2/c1-3-4-5-6-7-8-9-12-20-17-11-10-15(18)13-16(17)14(2)19/h10-11,13-14,19H,3-9,12H2,1-2H3. The topological polar surface area (TPSA) is 29.5 Å². The first-order chi connectivity index (χ1) is 9.65. The summed E-state index contributed by atoms with van der Waals surface area (Å²) in [6.45, 7) is 4.46. The molecule has 0 saturated heterocycles. The maximum absolute atomic E-state index is 13.1. The summed E-state index contributed by atoms with van der Waals surface area (Å²) < 4.78 is 18.8. The zero-order valence-electron chi connectivity index (χ0n) is 12.7. The van der Waals surface area contributed by atoms with Crippen LogP contribution in [0, 0.1) is 5.82 Å². The van der Waals surface area contributed by atoms with Gasteiger partial charge in [-0.15, -0.1) is 0 Å². The first kappa shape index (κ1) is 17.0. The van der Waals surface area contributed by atoms with Gasteiger partial charge in [0.05, 0.1) is 12.7 Å². The van der Waals surface area contributed by atoms with Gasteiger partial charge in [-0.05, 0) is 31.5 Å². The van der Waals surface area contributed by atoms with Crippen molar-refractivity contribution < 1.29 is 14.2 Å². The molecule has 114 valence electrons. The number of halogens is 1. The van der Waals surface area contributed by atoms with E-state index < -0.39 is 6.10 Å². The third-order valence-corrected chi connectivity index (χ3v) is 3.43. The molecule has 3 heteroatoms. The van der Waals surface area contributed by atoms with Crippen LogP contribution in [0.3, 0.4) is 0 Å². The lowest BCUT2D eigenvalue weighted by atomic mass is 10.1. The summed E-state index contributed by atoms with van der Waals surface area (Å²) in [5.41, 5.74) is 0.521. The average molecular weight is 282 g/mol. The minimum atomic E-state index is -0.713. The zero-order valence-corrected chi connectivity index (χ0v) is 12.7. The highest BCUT2D eigenvalue weighted by Gasteiger charge is 2.10. The highest BCUT2D eigenvalue weighted by molar-refractivity contribution is 5.35. The highest BCUT2D eigenvalue weighted by Crippen LogP contribution is 2.26. The maximum atomic E-state index is 13.1. The molecular weight excluding hydrogens is 255 g/mol. The van der Waals surface area contributed by atoms with Crippen molar-refractivity contribution in [3.05, 3.63) is 29.6 Å². The van der Waals surface area contributed by atoms with E-state index in [9.17, 15) is 9.50 Å². The molecule has 0 fully saturated rings. The van der Waals surface area contributed by atoms with E-state index in [1.165, 1.54) is 44.2 Å². The molecule has 1 unspecified atom stereocenters. The van der Waals surface area contributed by atoms with Crippen molar-refractivity contribution in [3.63, 3.8) is 0 Å². The predicted molar refractivity (Wildman–Crippen MR) is 80.5 cm³/mol. The van der Waals surface area contributed by atoms with E-state index >= 15 is 0 Å². The number of ether oxygens (including phenoxy) is 1. The monoisotopic (exact) mass is 282 g/mol. The van der Waals surface area contributed by atoms with E-state index in [2.05, 4.69) is 6.92 Å². The molecule has 0 aliphatic heterocycles. The number of benzene rings is 1. The van der Waals surface area contributed by atoms with Gasteiger partial charge in [-0.2, -0.15) is 0 Å². The second-order valence-electron chi connectivity index (χ2n) is 5.33. The van der Waals surface area contributed by atoms with Crippen molar-refractivity contribution in [2.45, 2.75) is 64.9 Å². The molecule has 0 saturated carbocycles. The predicted octanol–water partition coefficient (Wildman–Crippen LogP) is 5.01.